The molecule has 0 bridgehead atoms. The van der Waals surface area contributed by atoms with E-state index in [1.54, 1.807) is 31.4 Å². The molecule has 3 aromatic carbocycles. The van der Waals surface area contributed by atoms with Crippen molar-refractivity contribution in [3.63, 3.8) is 0 Å². The summed E-state index contributed by atoms with van der Waals surface area (Å²) in [5.74, 6) is -0.828. The maximum Gasteiger partial charge on any atom is 0.352 e. The number of carbonyl (C=O) groups excluding carboxylic acids is 1. The second kappa shape index (κ2) is 9.55. The van der Waals surface area contributed by atoms with Gasteiger partial charge in [0.15, 0.2) is 17.7 Å². The summed E-state index contributed by atoms with van der Waals surface area (Å²) in [5.41, 5.74) is 7.70. The van der Waals surface area contributed by atoms with Crippen LogP contribution in [0.1, 0.15) is 24.0 Å². The Morgan fingerprint density at radius 1 is 1.09 bits per heavy atom. The number of halogens is 1. The number of nitriles is 1. The lowest BCUT2D eigenvalue weighted by Crippen LogP contribution is -2.29. The van der Waals surface area contributed by atoms with E-state index < -0.39 is 23.8 Å². The van der Waals surface area contributed by atoms with Gasteiger partial charge in [0, 0.05) is 17.2 Å². The summed E-state index contributed by atoms with van der Waals surface area (Å²) in [7, 11) is 1.55. The first-order valence-electron chi connectivity index (χ1n) is 10.4. The van der Waals surface area contributed by atoms with E-state index in [4.69, 9.17) is 24.7 Å². The molecule has 3 aromatic rings. The molecule has 2 N–H and O–H groups in total. The van der Waals surface area contributed by atoms with Gasteiger partial charge in [0.2, 0.25) is 5.88 Å². The second-order valence-electron chi connectivity index (χ2n) is 7.48. The van der Waals surface area contributed by atoms with Gasteiger partial charge in [0.25, 0.3) is 0 Å². The minimum Gasteiger partial charge on any atom is -0.496 e. The van der Waals surface area contributed by atoms with E-state index in [0.29, 0.717) is 17.1 Å². The van der Waals surface area contributed by atoms with Crippen LogP contribution in [0.2, 0.25) is 0 Å². The topological polar surface area (TPSA) is 104 Å². The molecular weight excluding hydrogens is 439 g/mol. The average Bonchev–Trinajstić information content (AvgIpc) is 2.84. The number of para-hydroxylation sites is 2. The SMILES string of the molecule is COc1ccccc1C1C(C#N)=C(N)Oc2cc(OC(=O)C(C)Oc3ccccc3F)ccc21. The first kappa shape index (κ1) is 22.7. The fourth-order valence-corrected chi connectivity index (χ4v) is 3.70. The summed E-state index contributed by atoms with van der Waals surface area (Å²) in [5, 5.41) is 9.74. The number of allylic oxidation sites excluding steroid dienone is 1. The van der Waals surface area contributed by atoms with Crippen molar-refractivity contribution in [2.45, 2.75) is 18.9 Å². The Morgan fingerprint density at radius 2 is 1.79 bits per heavy atom. The smallest absolute Gasteiger partial charge is 0.352 e. The van der Waals surface area contributed by atoms with Crippen LogP contribution < -0.4 is 24.7 Å². The number of esters is 1. The molecule has 172 valence electrons. The van der Waals surface area contributed by atoms with E-state index in [1.807, 2.05) is 18.2 Å². The number of hydrogen-bond donors (Lipinski definition) is 1. The summed E-state index contributed by atoms with van der Waals surface area (Å²) in [6.45, 7) is 1.46. The molecule has 34 heavy (non-hydrogen) atoms. The Morgan fingerprint density at radius 3 is 2.50 bits per heavy atom. The van der Waals surface area contributed by atoms with Crippen molar-refractivity contribution in [3.8, 4) is 29.1 Å². The van der Waals surface area contributed by atoms with Gasteiger partial charge < -0.3 is 24.7 Å². The fraction of sp³-hybridized carbons (Fsp3) is 0.154. The van der Waals surface area contributed by atoms with Crippen LogP contribution in [0.5, 0.6) is 23.0 Å². The number of carbonyl (C=O) groups is 1. The normalized spacial score (nSPS) is 15.4. The summed E-state index contributed by atoms with van der Waals surface area (Å²) in [4.78, 5) is 12.5. The van der Waals surface area contributed by atoms with Gasteiger partial charge in [-0.1, -0.05) is 36.4 Å². The third kappa shape index (κ3) is 4.36. The van der Waals surface area contributed by atoms with Crippen molar-refractivity contribution in [1.82, 2.24) is 0 Å². The number of fused-ring (bicyclic) bond motifs is 1. The molecule has 0 amide bonds. The molecule has 0 saturated heterocycles. The Kier molecular flexibility index (Phi) is 6.37. The van der Waals surface area contributed by atoms with Crippen molar-refractivity contribution in [2.24, 2.45) is 5.73 Å². The van der Waals surface area contributed by atoms with Crippen molar-refractivity contribution in [3.05, 3.63) is 95.1 Å². The van der Waals surface area contributed by atoms with E-state index >= 15 is 0 Å². The van der Waals surface area contributed by atoms with Crippen LogP contribution in [0.25, 0.3) is 0 Å². The van der Waals surface area contributed by atoms with Crippen LogP contribution in [0.3, 0.4) is 0 Å². The number of nitrogens with two attached hydrogens (primary N) is 1. The van der Waals surface area contributed by atoms with E-state index in [1.165, 1.54) is 31.2 Å². The first-order chi connectivity index (χ1) is 16.4. The third-order valence-corrected chi connectivity index (χ3v) is 5.33. The van der Waals surface area contributed by atoms with Crippen molar-refractivity contribution >= 4 is 5.97 Å². The Hall–Kier alpha value is -4.51. The average molecular weight is 460 g/mol. The molecule has 4 rings (SSSR count). The summed E-state index contributed by atoms with van der Waals surface area (Å²) in [6, 6.07) is 20.0. The van der Waals surface area contributed by atoms with Gasteiger partial charge >= 0.3 is 5.97 Å². The van der Waals surface area contributed by atoms with Gasteiger partial charge in [-0.15, -0.1) is 0 Å². The maximum absolute atomic E-state index is 13.8. The Bertz CT molecular complexity index is 1310. The number of benzene rings is 3. The van der Waals surface area contributed by atoms with Crippen LogP contribution in [-0.2, 0) is 4.79 Å². The minimum atomic E-state index is -1.06. The molecule has 0 spiro atoms. The third-order valence-electron chi connectivity index (χ3n) is 5.33. The van der Waals surface area contributed by atoms with Crippen LogP contribution in [-0.4, -0.2) is 19.2 Å². The molecule has 0 fully saturated rings. The van der Waals surface area contributed by atoms with Gasteiger partial charge in [-0.2, -0.15) is 5.26 Å². The number of rotatable bonds is 6. The minimum absolute atomic E-state index is 0.0503. The van der Waals surface area contributed by atoms with Gasteiger partial charge in [-0.3, -0.25) is 0 Å². The molecule has 1 aliphatic rings. The lowest BCUT2D eigenvalue weighted by Gasteiger charge is -2.27. The number of methoxy groups -OCH3 is 1. The van der Waals surface area contributed by atoms with Crippen LogP contribution in [0.4, 0.5) is 4.39 Å². The molecule has 2 unspecified atom stereocenters. The molecule has 0 aliphatic carbocycles. The van der Waals surface area contributed by atoms with Crippen molar-refractivity contribution < 1.29 is 28.1 Å². The van der Waals surface area contributed by atoms with E-state index in [9.17, 15) is 14.4 Å². The first-order valence-corrected chi connectivity index (χ1v) is 10.4. The zero-order chi connectivity index (χ0) is 24.2. The van der Waals surface area contributed by atoms with Gasteiger partial charge in [0.05, 0.1) is 13.0 Å². The summed E-state index contributed by atoms with van der Waals surface area (Å²) in [6.07, 6.45) is -1.06. The highest BCUT2D eigenvalue weighted by atomic mass is 19.1. The zero-order valence-electron chi connectivity index (χ0n) is 18.4. The molecule has 7 nitrogen and oxygen atoms in total. The van der Waals surface area contributed by atoms with E-state index in [2.05, 4.69) is 6.07 Å². The molecule has 0 saturated carbocycles. The maximum atomic E-state index is 13.8. The molecule has 1 heterocycles. The monoisotopic (exact) mass is 460 g/mol. The largest absolute Gasteiger partial charge is 0.496 e. The number of hydrogen-bond acceptors (Lipinski definition) is 7. The molecule has 8 heteroatoms. The van der Waals surface area contributed by atoms with Gasteiger partial charge in [0.1, 0.15) is 28.9 Å². The molecular formula is C26H21FN2O5. The van der Waals surface area contributed by atoms with Crippen molar-refractivity contribution in [1.29, 1.82) is 5.26 Å². The van der Waals surface area contributed by atoms with Gasteiger partial charge in [-0.05, 0) is 31.2 Å². The standard InChI is InChI=1S/C26H21FN2O5/c1-15(32-22-10-6-4-8-20(22)27)26(30)33-16-11-12-18-23(13-16)34-25(29)19(14-28)24(18)17-7-3-5-9-21(17)31-2/h3-13,15,24H,29H2,1-2H3. The quantitative estimate of drug-likeness (QED) is 0.429. The Labute approximate surface area is 195 Å². The zero-order valence-corrected chi connectivity index (χ0v) is 18.4. The van der Waals surface area contributed by atoms with Crippen LogP contribution in [0, 0.1) is 17.1 Å². The molecule has 0 aromatic heterocycles. The number of nitrogens with zero attached hydrogens (tertiary/aromatic N) is 1. The molecule has 0 radical (unpaired) electrons. The molecule has 1 aliphatic heterocycles. The molecule has 2 atom stereocenters. The van der Waals surface area contributed by atoms with Crippen molar-refractivity contribution in [2.75, 3.05) is 7.11 Å². The summed E-state index contributed by atoms with van der Waals surface area (Å²) >= 11 is 0. The fourth-order valence-electron chi connectivity index (χ4n) is 3.70. The highest BCUT2D eigenvalue weighted by Crippen LogP contribution is 2.45. The van der Waals surface area contributed by atoms with E-state index in [-0.39, 0.29) is 23.0 Å². The highest BCUT2D eigenvalue weighted by Gasteiger charge is 2.33. The van der Waals surface area contributed by atoms with E-state index in [0.717, 1.165) is 5.56 Å². The lowest BCUT2D eigenvalue weighted by molar-refractivity contribution is -0.141. The predicted molar refractivity (Wildman–Crippen MR) is 121 cm³/mol. The number of ether oxygens (including phenoxy) is 4. The highest BCUT2D eigenvalue weighted by molar-refractivity contribution is 5.77. The van der Waals surface area contributed by atoms with Gasteiger partial charge in [-0.25, -0.2) is 9.18 Å². The van der Waals surface area contributed by atoms with Crippen LogP contribution >= 0.6 is 0 Å². The van der Waals surface area contributed by atoms with Crippen LogP contribution in [0.15, 0.2) is 78.2 Å². The Balaban J connectivity index is 1.61. The lowest BCUT2D eigenvalue weighted by atomic mass is 9.83. The summed E-state index contributed by atoms with van der Waals surface area (Å²) < 4.78 is 35.8. The second-order valence-corrected chi connectivity index (χ2v) is 7.48. The predicted octanol–water partition coefficient (Wildman–Crippen LogP) is 4.43.